The standard InChI is InChI=1S/C15H23FN2/c1-17-9-8-13-6-7-15(14(16)12-13)18-10-4-2-3-5-11-18/h6-7,12,17H,2-5,8-11H2,1H3. The van der Waals surface area contributed by atoms with Gasteiger partial charge in [-0.3, -0.25) is 0 Å². The van der Waals surface area contributed by atoms with Crippen molar-refractivity contribution in [2.45, 2.75) is 32.1 Å². The van der Waals surface area contributed by atoms with Gasteiger partial charge in [0.15, 0.2) is 0 Å². The highest BCUT2D eigenvalue weighted by Gasteiger charge is 2.13. The van der Waals surface area contributed by atoms with Gasteiger partial charge in [0.1, 0.15) is 5.82 Å². The Kier molecular flexibility index (Phi) is 5.00. The maximum Gasteiger partial charge on any atom is 0.146 e. The molecule has 0 amide bonds. The van der Waals surface area contributed by atoms with Crippen LogP contribution in [0.1, 0.15) is 31.2 Å². The van der Waals surface area contributed by atoms with E-state index in [2.05, 4.69) is 16.3 Å². The summed E-state index contributed by atoms with van der Waals surface area (Å²) < 4.78 is 14.1. The lowest BCUT2D eigenvalue weighted by atomic mass is 10.1. The minimum atomic E-state index is -0.0643. The predicted molar refractivity (Wildman–Crippen MR) is 74.7 cm³/mol. The summed E-state index contributed by atoms with van der Waals surface area (Å²) >= 11 is 0. The van der Waals surface area contributed by atoms with E-state index in [9.17, 15) is 4.39 Å². The summed E-state index contributed by atoms with van der Waals surface area (Å²) in [5.74, 6) is -0.0643. The fraction of sp³-hybridized carbons (Fsp3) is 0.600. The first-order valence-electron chi connectivity index (χ1n) is 6.99. The van der Waals surface area contributed by atoms with Gasteiger partial charge in [-0.15, -0.1) is 0 Å². The molecule has 1 aromatic rings. The summed E-state index contributed by atoms with van der Waals surface area (Å²) in [6.45, 7) is 2.88. The first kappa shape index (κ1) is 13.3. The van der Waals surface area contributed by atoms with Crippen LogP contribution in [0, 0.1) is 5.82 Å². The summed E-state index contributed by atoms with van der Waals surface area (Å²) in [6.07, 6.45) is 5.80. The molecule has 0 unspecified atom stereocenters. The van der Waals surface area contributed by atoms with Crippen LogP contribution >= 0.6 is 0 Å². The fourth-order valence-corrected chi connectivity index (χ4v) is 2.54. The van der Waals surface area contributed by atoms with Gasteiger partial charge < -0.3 is 10.2 Å². The Balaban J connectivity index is 2.08. The van der Waals surface area contributed by atoms with Gasteiger partial charge in [0.2, 0.25) is 0 Å². The average Bonchev–Trinajstić information content (AvgIpc) is 2.65. The number of likely N-dealkylation sites (N-methyl/N-ethyl adjacent to an activating group) is 1. The molecule has 0 atom stereocenters. The maximum absolute atomic E-state index is 14.1. The number of nitrogens with zero attached hydrogens (tertiary/aromatic N) is 1. The second kappa shape index (κ2) is 6.74. The van der Waals surface area contributed by atoms with Crippen molar-refractivity contribution in [1.82, 2.24) is 5.32 Å². The normalized spacial score (nSPS) is 16.7. The molecule has 1 aliphatic rings. The van der Waals surface area contributed by atoms with Gasteiger partial charge in [-0.1, -0.05) is 18.9 Å². The molecule has 1 N–H and O–H groups in total. The van der Waals surface area contributed by atoms with E-state index in [-0.39, 0.29) is 5.82 Å². The van der Waals surface area contributed by atoms with Gasteiger partial charge >= 0.3 is 0 Å². The topological polar surface area (TPSA) is 15.3 Å². The summed E-state index contributed by atoms with van der Waals surface area (Å²) in [5.41, 5.74) is 1.85. The maximum atomic E-state index is 14.1. The van der Waals surface area contributed by atoms with E-state index in [4.69, 9.17) is 0 Å². The van der Waals surface area contributed by atoms with Crippen LogP contribution in [0.5, 0.6) is 0 Å². The minimum absolute atomic E-state index is 0.0643. The summed E-state index contributed by atoms with van der Waals surface area (Å²) in [7, 11) is 1.92. The highest BCUT2D eigenvalue weighted by atomic mass is 19.1. The monoisotopic (exact) mass is 250 g/mol. The Morgan fingerprint density at radius 1 is 1.17 bits per heavy atom. The number of benzene rings is 1. The van der Waals surface area contributed by atoms with Gasteiger partial charge in [0.25, 0.3) is 0 Å². The second-order valence-electron chi connectivity index (χ2n) is 5.04. The third-order valence-electron chi connectivity index (χ3n) is 3.62. The van der Waals surface area contributed by atoms with E-state index in [1.165, 1.54) is 25.7 Å². The lowest BCUT2D eigenvalue weighted by Crippen LogP contribution is -2.25. The molecule has 1 aromatic carbocycles. The molecule has 0 bridgehead atoms. The van der Waals surface area contributed by atoms with Gasteiger partial charge in [-0.2, -0.15) is 0 Å². The van der Waals surface area contributed by atoms with E-state index < -0.39 is 0 Å². The zero-order valence-corrected chi connectivity index (χ0v) is 11.2. The van der Waals surface area contributed by atoms with Crippen molar-refractivity contribution >= 4 is 5.69 Å². The van der Waals surface area contributed by atoms with Crippen molar-refractivity contribution in [1.29, 1.82) is 0 Å². The van der Waals surface area contributed by atoms with Crippen molar-refractivity contribution in [2.24, 2.45) is 0 Å². The molecule has 0 saturated carbocycles. The molecular weight excluding hydrogens is 227 g/mol. The second-order valence-corrected chi connectivity index (χ2v) is 5.04. The third kappa shape index (κ3) is 3.45. The molecule has 0 radical (unpaired) electrons. The molecular formula is C15H23FN2. The Labute approximate surface area is 109 Å². The molecule has 1 fully saturated rings. The van der Waals surface area contributed by atoms with Crippen molar-refractivity contribution in [3.05, 3.63) is 29.6 Å². The smallest absolute Gasteiger partial charge is 0.146 e. The number of anilines is 1. The first-order chi connectivity index (χ1) is 8.81. The van der Waals surface area contributed by atoms with Crippen molar-refractivity contribution in [3.8, 4) is 0 Å². The van der Waals surface area contributed by atoms with Gasteiger partial charge in [-0.25, -0.2) is 4.39 Å². The van der Waals surface area contributed by atoms with E-state index in [1.807, 2.05) is 13.1 Å². The van der Waals surface area contributed by atoms with Crippen molar-refractivity contribution < 1.29 is 4.39 Å². The zero-order chi connectivity index (χ0) is 12.8. The zero-order valence-electron chi connectivity index (χ0n) is 11.2. The molecule has 1 saturated heterocycles. The van der Waals surface area contributed by atoms with Crippen LogP contribution in [-0.4, -0.2) is 26.7 Å². The van der Waals surface area contributed by atoms with Crippen LogP contribution in [-0.2, 0) is 6.42 Å². The van der Waals surface area contributed by atoms with E-state index in [1.54, 1.807) is 6.07 Å². The van der Waals surface area contributed by atoms with Crippen molar-refractivity contribution in [3.63, 3.8) is 0 Å². The van der Waals surface area contributed by atoms with Gasteiger partial charge in [0, 0.05) is 13.1 Å². The van der Waals surface area contributed by atoms with E-state index in [0.717, 1.165) is 37.3 Å². The highest BCUT2D eigenvalue weighted by molar-refractivity contribution is 5.49. The lowest BCUT2D eigenvalue weighted by molar-refractivity contribution is 0.613. The first-order valence-corrected chi connectivity index (χ1v) is 6.99. The molecule has 0 aromatic heterocycles. The van der Waals surface area contributed by atoms with Crippen LogP contribution in [0.3, 0.4) is 0 Å². The third-order valence-corrected chi connectivity index (χ3v) is 3.62. The number of hydrogen-bond donors (Lipinski definition) is 1. The number of hydrogen-bond acceptors (Lipinski definition) is 2. The van der Waals surface area contributed by atoms with Crippen LogP contribution in [0.25, 0.3) is 0 Å². The minimum Gasteiger partial charge on any atom is -0.369 e. The number of halogens is 1. The summed E-state index contributed by atoms with van der Waals surface area (Å²) in [6, 6.07) is 5.70. The Morgan fingerprint density at radius 2 is 1.89 bits per heavy atom. The molecule has 3 heteroatoms. The highest BCUT2D eigenvalue weighted by Crippen LogP contribution is 2.23. The molecule has 1 aliphatic heterocycles. The van der Waals surface area contributed by atoms with Crippen LogP contribution in [0.2, 0.25) is 0 Å². The molecule has 0 aliphatic carbocycles. The van der Waals surface area contributed by atoms with Crippen LogP contribution in [0.15, 0.2) is 18.2 Å². The molecule has 18 heavy (non-hydrogen) atoms. The molecule has 2 nitrogen and oxygen atoms in total. The molecule has 0 spiro atoms. The lowest BCUT2D eigenvalue weighted by Gasteiger charge is -2.23. The van der Waals surface area contributed by atoms with Gasteiger partial charge in [0.05, 0.1) is 5.69 Å². The Bertz CT molecular complexity index is 371. The van der Waals surface area contributed by atoms with E-state index in [0.29, 0.717) is 0 Å². The predicted octanol–water partition coefficient (Wildman–Crippen LogP) is 2.97. The fourth-order valence-electron chi connectivity index (χ4n) is 2.54. The Morgan fingerprint density at radius 3 is 2.50 bits per heavy atom. The molecule has 100 valence electrons. The van der Waals surface area contributed by atoms with Crippen molar-refractivity contribution in [2.75, 3.05) is 31.6 Å². The van der Waals surface area contributed by atoms with E-state index >= 15 is 0 Å². The van der Waals surface area contributed by atoms with Crippen LogP contribution < -0.4 is 10.2 Å². The summed E-state index contributed by atoms with van der Waals surface area (Å²) in [5, 5.41) is 3.09. The Hall–Kier alpha value is -1.09. The van der Waals surface area contributed by atoms with Gasteiger partial charge in [-0.05, 0) is 50.6 Å². The number of nitrogens with one attached hydrogen (secondary N) is 1. The average molecular weight is 250 g/mol. The number of rotatable bonds is 4. The van der Waals surface area contributed by atoms with Crippen LogP contribution in [0.4, 0.5) is 10.1 Å². The molecule has 1 heterocycles. The quantitative estimate of drug-likeness (QED) is 0.884. The largest absolute Gasteiger partial charge is 0.369 e. The molecule has 2 rings (SSSR count). The SMILES string of the molecule is CNCCc1ccc(N2CCCCCC2)c(F)c1. The summed E-state index contributed by atoms with van der Waals surface area (Å²) in [4.78, 5) is 2.20.